The number of aromatic nitrogens is 2. The molecule has 2 amide bonds. The molecule has 0 aliphatic rings. The van der Waals surface area contributed by atoms with Gasteiger partial charge in [0.05, 0.1) is 5.52 Å². The van der Waals surface area contributed by atoms with E-state index in [1.165, 1.54) is 0 Å². The summed E-state index contributed by atoms with van der Waals surface area (Å²) < 4.78 is 0. The van der Waals surface area contributed by atoms with E-state index in [0.717, 1.165) is 10.9 Å². The smallest absolute Gasteiger partial charge is 0.320 e. The molecule has 0 atom stereocenters. The molecule has 6 heteroatoms. The number of amides is 2. The van der Waals surface area contributed by atoms with Crippen LogP contribution in [0.1, 0.15) is 5.56 Å². The number of carbonyl (C=O) groups is 1. The molecular weight excluding hydrogens is 268 g/mol. The van der Waals surface area contributed by atoms with E-state index in [1.807, 2.05) is 30.3 Å². The number of phenols is 1. The molecule has 0 aliphatic carbocycles. The summed E-state index contributed by atoms with van der Waals surface area (Å²) in [6, 6.07) is 14.1. The summed E-state index contributed by atoms with van der Waals surface area (Å²) in [6.07, 6.45) is 0. The predicted molar refractivity (Wildman–Crippen MR) is 80.1 cm³/mol. The molecule has 6 nitrogen and oxygen atoms in total. The van der Waals surface area contributed by atoms with E-state index in [1.54, 1.807) is 18.2 Å². The Hall–Kier alpha value is -3.02. The number of nitrogens with one attached hydrogen (secondary N) is 3. The molecule has 0 saturated carbocycles. The first-order chi connectivity index (χ1) is 10.2. The number of fused-ring (bicyclic) bond motifs is 1. The number of phenolic OH excluding ortho intramolecular Hbond substituents is 1. The molecule has 1 heterocycles. The molecule has 4 N–H and O–H groups in total. The van der Waals surface area contributed by atoms with Gasteiger partial charge in [0.25, 0.3) is 0 Å². The average Bonchev–Trinajstić information content (AvgIpc) is 2.88. The van der Waals surface area contributed by atoms with Crippen molar-refractivity contribution in [2.24, 2.45) is 0 Å². The molecular formula is C15H14N4O2. The van der Waals surface area contributed by atoms with Crippen molar-refractivity contribution in [3.05, 3.63) is 54.1 Å². The first-order valence-corrected chi connectivity index (χ1v) is 6.48. The van der Waals surface area contributed by atoms with E-state index in [4.69, 9.17) is 0 Å². The van der Waals surface area contributed by atoms with E-state index in [2.05, 4.69) is 20.8 Å². The highest BCUT2D eigenvalue weighted by Gasteiger charge is 2.09. The van der Waals surface area contributed by atoms with Crippen LogP contribution in [-0.4, -0.2) is 21.3 Å². The zero-order valence-electron chi connectivity index (χ0n) is 11.1. The van der Waals surface area contributed by atoms with Crippen LogP contribution in [0.15, 0.2) is 48.5 Å². The molecule has 0 saturated heterocycles. The molecule has 3 rings (SSSR count). The van der Waals surface area contributed by atoms with Crippen LogP contribution in [0, 0.1) is 0 Å². The number of benzene rings is 2. The van der Waals surface area contributed by atoms with E-state index in [0.29, 0.717) is 17.9 Å². The number of aromatic amines is 1. The van der Waals surface area contributed by atoms with Crippen molar-refractivity contribution in [3.8, 4) is 5.75 Å². The maximum atomic E-state index is 11.9. The van der Waals surface area contributed by atoms with Gasteiger partial charge in [-0.3, -0.25) is 10.4 Å². The number of carbonyl (C=O) groups excluding carboxylic acids is 1. The van der Waals surface area contributed by atoms with Crippen LogP contribution in [0.5, 0.6) is 5.75 Å². The highest BCUT2D eigenvalue weighted by Crippen LogP contribution is 2.23. The second-order valence-electron chi connectivity index (χ2n) is 4.60. The summed E-state index contributed by atoms with van der Waals surface area (Å²) in [5.74, 6) is 0.571. The van der Waals surface area contributed by atoms with Gasteiger partial charge in [-0.05, 0) is 17.7 Å². The van der Waals surface area contributed by atoms with Gasteiger partial charge in [-0.25, -0.2) is 4.79 Å². The van der Waals surface area contributed by atoms with Gasteiger partial charge in [0.1, 0.15) is 5.75 Å². The number of H-pyrrole nitrogens is 1. The number of nitrogens with zero attached hydrogens (tertiary/aromatic N) is 1. The summed E-state index contributed by atoms with van der Waals surface area (Å²) in [5.41, 5.74) is 1.68. The number of hydrogen-bond donors (Lipinski definition) is 4. The van der Waals surface area contributed by atoms with Crippen LogP contribution in [0.2, 0.25) is 0 Å². The fraction of sp³-hybridized carbons (Fsp3) is 0.0667. The minimum atomic E-state index is -0.333. The molecule has 106 valence electrons. The SMILES string of the molecule is O=C(NCc1ccccc1)Nc1n[nH]c2cc(O)ccc12. The van der Waals surface area contributed by atoms with E-state index < -0.39 is 0 Å². The minimum Gasteiger partial charge on any atom is -0.508 e. The van der Waals surface area contributed by atoms with Crippen molar-refractivity contribution < 1.29 is 9.90 Å². The van der Waals surface area contributed by atoms with Gasteiger partial charge in [-0.15, -0.1) is 0 Å². The first-order valence-electron chi connectivity index (χ1n) is 6.48. The number of rotatable bonds is 3. The topological polar surface area (TPSA) is 90.0 Å². The highest BCUT2D eigenvalue weighted by molar-refractivity contribution is 5.99. The number of hydrogen-bond acceptors (Lipinski definition) is 3. The third-order valence-corrected chi connectivity index (χ3v) is 3.07. The summed E-state index contributed by atoms with van der Waals surface area (Å²) in [7, 11) is 0. The van der Waals surface area contributed by atoms with Crippen LogP contribution < -0.4 is 10.6 Å². The van der Waals surface area contributed by atoms with Gasteiger partial charge < -0.3 is 10.4 Å². The summed E-state index contributed by atoms with van der Waals surface area (Å²) in [4.78, 5) is 11.9. The summed E-state index contributed by atoms with van der Waals surface area (Å²) in [5, 5.41) is 22.3. The van der Waals surface area contributed by atoms with Crippen LogP contribution >= 0.6 is 0 Å². The Kier molecular flexibility index (Phi) is 3.42. The van der Waals surface area contributed by atoms with Crippen molar-refractivity contribution in [1.29, 1.82) is 0 Å². The standard InChI is InChI=1S/C15H14N4O2/c20-11-6-7-12-13(8-11)18-19-14(12)17-15(21)16-9-10-4-2-1-3-5-10/h1-8,20H,9H2,(H3,16,17,18,19,21). The maximum Gasteiger partial charge on any atom is 0.320 e. The normalized spacial score (nSPS) is 10.5. The highest BCUT2D eigenvalue weighted by atomic mass is 16.3. The molecule has 0 spiro atoms. The van der Waals surface area contributed by atoms with Gasteiger partial charge >= 0.3 is 6.03 Å². The third kappa shape index (κ3) is 2.94. The molecule has 0 aliphatic heterocycles. The Bertz CT molecular complexity index is 768. The van der Waals surface area contributed by atoms with Crippen LogP contribution in [0.25, 0.3) is 10.9 Å². The Morgan fingerprint density at radius 1 is 1.19 bits per heavy atom. The van der Waals surface area contributed by atoms with Crippen LogP contribution in [-0.2, 0) is 6.54 Å². The second-order valence-corrected chi connectivity index (χ2v) is 4.60. The van der Waals surface area contributed by atoms with Crippen molar-refractivity contribution in [3.63, 3.8) is 0 Å². The lowest BCUT2D eigenvalue weighted by molar-refractivity contribution is 0.251. The van der Waals surface area contributed by atoms with E-state index in [-0.39, 0.29) is 11.8 Å². The fourth-order valence-corrected chi connectivity index (χ4v) is 2.03. The second kappa shape index (κ2) is 5.54. The minimum absolute atomic E-state index is 0.145. The average molecular weight is 282 g/mol. The van der Waals surface area contributed by atoms with Crippen molar-refractivity contribution in [2.45, 2.75) is 6.54 Å². The van der Waals surface area contributed by atoms with E-state index in [9.17, 15) is 9.90 Å². The van der Waals surface area contributed by atoms with Crippen molar-refractivity contribution >= 4 is 22.8 Å². The van der Waals surface area contributed by atoms with Gasteiger partial charge in [0.2, 0.25) is 0 Å². The number of anilines is 1. The van der Waals surface area contributed by atoms with E-state index >= 15 is 0 Å². The van der Waals surface area contributed by atoms with Gasteiger partial charge in [-0.1, -0.05) is 30.3 Å². The first kappa shape index (κ1) is 13.0. The molecule has 21 heavy (non-hydrogen) atoms. The Morgan fingerprint density at radius 3 is 2.81 bits per heavy atom. The molecule has 0 radical (unpaired) electrons. The van der Waals surface area contributed by atoms with Gasteiger partial charge in [0.15, 0.2) is 5.82 Å². The van der Waals surface area contributed by atoms with Crippen molar-refractivity contribution in [2.75, 3.05) is 5.32 Å². The lowest BCUT2D eigenvalue weighted by Crippen LogP contribution is -2.28. The largest absolute Gasteiger partial charge is 0.508 e. The number of urea groups is 1. The zero-order chi connectivity index (χ0) is 14.7. The summed E-state index contributed by atoms with van der Waals surface area (Å²) in [6.45, 7) is 0.440. The Labute approximate surface area is 120 Å². The Morgan fingerprint density at radius 2 is 2.00 bits per heavy atom. The van der Waals surface area contributed by atoms with Crippen LogP contribution in [0.3, 0.4) is 0 Å². The molecule has 0 fully saturated rings. The Balaban J connectivity index is 1.66. The fourth-order valence-electron chi connectivity index (χ4n) is 2.03. The van der Waals surface area contributed by atoms with Crippen LogP contribution in [0.4, 0.5) is 10.6 Å². The van der Waals surface area contributed by atoms with Crippen molar-refractivity contribution in [1.82, 2.24) is 15.5 Å². The third-order valence-electron chi connectivity index (χ3n) is 3.07. The molecule has 2 aromatic carbocycles. The molecule has 0 unspecified atom stereocenters. The summed E-state index contributed by atoms with van der Waals surface area (Å²) >= 11 is 0. The maximum absolute atomic E-state index is 11.9. The molecule has 0 bridgehead atoms. The zero-order valence-corrected chi connectivity index (χ0v) is 11.1. The lowest BCUT2D eigenvalue weighted by atomic mass is 10.2. The lowest BCUT2D eigenvalue weighted by Gasteiger charge is -2.06. The molecule has 1 aromatic heterocycles. The van der Waals surface area contributed by atoms with Gasteiger partial charge in [0, 0.05) is 18.0 Å². The van der Waals surface area contributed by atoms with Gasteiger partial charge in [-0.2, -0.15) is 5.10 Å². The quantitative estimate of drug-likeness (QED) is 0.595. The molecule has 3 aromatic rings. The monoisotopic (exact) mass is 282 g/mol. The predicted octanol–water partition coefficient (Wildman–Crippen LogP) is 2.59. The number of aromatic hydroxyl groups is 1.